The molecule has 0 aliphatic rings. The first-order valence-electron chi connectivity index (χ1n) is 11.4. The molecule has 0 unspecified atom stereocenters. The summed E-state index contributed by atoms with van der Waals surface area (Å²) in [4.78, 5) is 47.9. The van der Waals surface area contributed by atoms with Crippen LogP contribution in [0.5, 0.6) is 0 Å². The lowest BCUT2D eigenvalue weighted by Crippen LogP contribution is -2.32. The molecular formula is C26H30N2O8. The van der Waals surface area contributed by atoms with Crippen LogP contribution in [-0.4, -0.2) is 50.6 Å². The minimum atomic E-state index is -0.803. The normalized spacial score (nSPS) is 12.2. The molecule has 0 spiro atoms. The van der Waals surface area contributed by atoms with Gasteiger partial charge in [0.15, 0.2) is 0 Å². The van der Waals surface area contributed by atoms with Gasteiger partial charge in [-0.15, -0.1) is 0 Å². The highest BCUT2D eigenvalue weighted by atomic mass is 16.6. The Morgan fingerprint density at radius 2 is 1.00 bits per heavy atom. The Bertz CT molecular complexity index is 930. The Balaban J connectivity index is 1.90. The Labute approximate surface area is 209 Å². The summed E-state index contributed by atoms with van der Waals surface area (Å²) in [7, 11) is 0. The molecule has 192 valence electrons. The fraction of sp³-hybridized carbons (Fsp3) is 0.308. The van der Waals surface area contributed by atoms with E-state index in [1.54, 1.807) is 62.4 Å². The third-order valence-electron chi connectivity index (χ3n) is 4.68. The van der Waals surface area contributed by atoms with Crippen LogP contribution in [0.25, 0.3) is 0 Å². The van der Waals surface area contributed by atoms with Crippen molar-refractivity contribution in [1.82, 2.24) is 10.6 Å². The quantitative estimate of drug-likeness (QED) is 0.258. The number of carbonyl (C=O) groups is 4. The Kier molecular flexibility index (Phi) is 12.0. The summed E-state index contributed by atoms with van der Waals surface area (Å²) in [6.07, 6.45) is 0.549. The van der Waals surface area contributed by atoms with Crippen LogP contribution in [0.3, 0.4) is 0 Å². The molecule has 0 aromatic heterocycles. The van der Waals surface area contributed by atoms with Crippen molar-refractivity contribution in [2.24, 2.45) is 0 Å². The molecule has 36 heavy (non-hydrogen) atoms. The third kappa shape index (κ3) is 10.3. The third-order valence-corrected chi connectivity index (χ3v) is 4.68. The molecule has 2 aromatic carbocycles. The molecule has 10 nitrogen and oxygen atoms in total. The number of benzene rings is 2. The van der Waals surface area contributed by atoms with Crippen LogP contribution >= 0.6 is 0 Å². The Hall–Kier alpha value is -4.34. The van der Waals surface area contributed by atoms with E-state index in [9.17, 15) is 19.2 Å². The van der Waals surface area contributed by atoms with Crippen molar-refractivity contribution in [3.8, 4) is 0 Å². The van der Waals surface area contributed by atoms with Crippen LogP contribution in [0, 0.1) is 0 Å². The van der Waals surface area contributed by atoms with Gasteiger partial charge < -0.3 is 29.6 Å². The summed E-state index contributed by atoms with van der Waals surface area (Å²) < 4.78 is 20.2. The second-order valence-electron chi connectivity index (χ2n) is 7.25. The first-order chi connectivity index (χ1) is 17.4. The fourth-order valence-electron chi connectivity index (χ4n) is 3.01. The van der Waals surface area contributed by atoms with Gasteiger partial charge in [0.1, 0.15) is 13.2 Å². The smallest absolute Gasteiger partial charge is 0.407 e. The number of alkyl carbamates (subject to hydrolysis) is 2. The number of carbonyl (C=O) groups excluding carboxylic acids is 4. The van der Waals surface area contributed by atoms with Gasteiger partial charge in [0.25, 0.3) is 0 Å². The van der Waals surface area contributed by atoms with Gasteiger partial charge in [0.2, 0.25) is 0 Å². The highest BCUT2D eigenvalue weighted by Crippen LogP contribution is 2.15. The standard InChI is InChI=1S/C26H30N2O8/c1-3-33-25(31)27-21(19-11-7-5-8-12-19)17-35-23(29)15-16-24(30)36-18-22(28-26(32)34-4-2)20-13-9-6-10-14-20/h5-16,21-22H,3-4,17-18H2,1-2H3,(H,27,31)(H,28,32)/b16-15+/t21-,22-/m0/s1. The van der Waals surface area contributed by atoms with E-state index >= 15 is 0 Å². The van der Waals surface area contributed by atoms with Crippen LogP contribution in [0.15, 0.2) is 72.8 Å². The molecule has 2 N–H and O–H groups in total. The highest BCUT2D eigenvalue weighted by Gasteiger charge is 2.18. The maximum atomic E-state index is 12.1. The Morgan fingerprint density at radius 3 is 1.33 bits per heavy atom. The predicted octanol–water partition coefficient (Wildman–Crippen LogP) is 3.60. The van der Waals surface area contributed by atoms with Crippen molar-refractivity contribution in [3.05, 3.63) is 83.9 Å². The molecule has 2 rings (SSSR count). The fourth-order valence-corrected chi connectivity index (χ4v) is 3.01. The number of rotatable bonds is 12. The second-order valence-corrected chi connectivity index (χ2v) is 7.25. The molecule has 10 heteroatoms. The summed E-state index contributed by atoms with van der Waals surface area (Å²) >= 11 is 0. The van der Waals surface area contributed by atoms with Gasteiger partial charge >= 0.3 is 24.1 Å². The van der Waals surface area contributed by atoms with E-state index in [4.69, 9.17) is 18.9 Å². The summed E-state index contributed by atoms with van der Waals surface area (Å²) in [6.45, 7) is 3.38. The molecular weight excluding hydrogens is 468 g/mol. The minimum absolute atomic E-state index is 0.180. The number of amides is 2. The van der Waals surface area contributed by atoms with E-state index in [1.807, 2.05) is 12.1 Å². The molecule has 2 atom stereocenters. The van der Waals surface area contributed by atoms with Crippen LogP contribution in [0.1, 0.15) is 37.1 Å². The number of esters is 2. The van der Waals surface area contributed by atoms with E-state index in [-0.39, 0.29) is 26.4 Å². The molecule has 0 radical (unpaired) electrons. The minimum Gasteiger partial charge on any atom is -0.460 e. The van der Waals surface area contributed by atoms with Gasteiger partial charge in [-0.25, -0.2) is 19.2 Å². The van der Waals surface area contributed by atoms with E-state index < -0.39 is 36.2 Å². The monoisotopic (exact) mass is 498 g/mol. The van der Waals surface area contributed by atoms with Crippen LogP contribution in [-0.2, 0) is 28.5 Å². The van der Waals surface area contributed by atoms with Crippen LogP contribution in [0.2, 0.25) is 0 Å². The lowest BCUT2D eigenvalue weighted by Gasteiger charge is -2.18. The van der Waals surface area contributed by atoms with Gasteiger partial charge in [-0.3, -0.25) is 0 Å². The van der Waals surface area contributed by atoms with E-state index in [0.717, 1.165) is 12.2 Å². The van der Waals surface area contributed by atoms with Gasteiger partial charge in [-0.1, -0.05) is 60.7 Å². The maximum absolute atomic E-state index is 12.1. The molecule has 2 amide bonds. The number of hydrogen-bond donors (Lipinski definition) is 2. The molecule has 0 bridgehead atoms. The average Bonchev–Trinajstić information content (AvgIpc) is 2.89. The van der Waals surface area contributed by atoms with E-state index in [1.165, 1.54) is 0 Å². The summed E-state index contributed by atoms with van der Waals surface area (Å²) in [5.74, 6) is -1.61. The summed E-state index contributed by atoms with van der Waals surface area (Å²) in [6, 6.07) is 16.6. The van der Waals surface area contributed by atoms with Gasteiger partial charge in [0.05, 0.1) is 25.3 Å². The molecule has 0 saturated carbocycles. The zero-order chi connectivity index (χ0) is 26.2. The zero-order valence-corrected chi connectivity index (χ0v) is 20.2. The number of nitrogens with one attached hydrogen (secondary N) is 2. The van der Waals surface area contributed by atoms with Crippen molar-refractivity contribution in [3.63, 3.8) is 0 Å². The highest BCUT2D eigenvalue weighted by molar-refractivity contribution is 5.91. The van der Waals surface area contributed by atoms with Crippen molar-refractivity contribution >= 4 is 24.1 Å². The number of hydrogen-bond acceptors (Lipinski definition) is 8. The first kappa shape index (κ1) is 27.9. The maximum Gasteiger partial charge on any atom is 0.407 e. The Morgan fingerprint density at radius 1 is 0.639 bits per heavy atom. The molecule has 0 saturated heterocycles. The van der Waals surface area contributed by atoms with Crippen molar-refractivity contribution in [2.75, 3.05) is 26.4 Å². The largest absolute Gasteiger partial charge is 0.460 e. The lowest BCUT2D eigenvalue weighted by molar-refractivity contribution is -0.141. The van der Waals surface area contributed by atoms with Gasteiger partial charge in [-0.05, 0) is 25.0 Å². The topological polar surface area (TPSA) is 129 Å². The van der Waals surface area contributed by atoms with Crippen molar-refractivity contribution in [2.45, 2.75) is 25.9 Å². The molecule has 0 aliphatic heterocycles. The van der Waals surface area contributed by atoms with Crippen LogP contribution in [0.4, 0.5) is 9.59 Å². The predicted molar refractivity (Wildman–Crippen MR) is 130 cm³/mol. The number of ether oxygens (including phenoxy) is 4. The zero-order valence-electron chi connectivity index (χ0n) is 20.2. The van der Waals surface area contributed by atoms with Gasteiger partial charge in [-0.2, -0.15) is 0 Å². The molecule has 2 aromatic rings. The summed E-state index contributed by atoms with van der Waals surface area (Å²) in [5.41, 5.74) is 1.42. The van der Waals surface area contributed by atoms with Crippen molar-refractivity contribution < 1.29 is 38.1 Å². The average molecular weight is 499 g/mol. The summed E-state index contributed by atoms with van der Waals surface area (Å²) in [5, 5.41) is 5.26. The van der Waals surface area contributed by atoms with E-state index in [2.05, 4.69) is 10.6 Å². The van der Waals surface area contributed by atoms with Crippen LogP contribution < -0.4 is 10.6 Å². The van der Waals surface area contributed by atoms with E-state index in [0.29, 0.717) is 11.1 Å². The molecule has 0 fully saturated rings. The van der Waals surface area contributed by atoms with Crippen molar-refractivity contribution in [1.29, 1.82) is 0 Å². The SMILES string of the molecule is CCOC(=O)N[C@@H](COC(=O)/C=C/C(=O)OC[C@H](NC(=O)OCC)c1ccccc1)c1ccccc1. The lowest BCUT2D eigenvalue weighted by atomic mass is 10.1. The molecule has 0 heterocycles. The first-order valence-corrected chi connectivity index (χ1v) is 11.4. The molecule has 0 aliphatic carbocycles. The van der Waals surface area contributed by atoms with Gasteiger partial charge in [0, 0.05) is 12.2 Å². The second kappa shape index (κ2) is 15.5.